The molecule has 4 N–H and O–H groups in total. The van der Waals surface area contributed by atoms with Crippen LogP contribution in [0.5, 0.6) is 5.75 Å². The smallest absolute Gasteiger partial charge is 0.223 e. The second-order valence-corrected chi connectivity index (χ2v) is 5.56. The number of carbonyl (C=O) groups excluding carboxylic acids is 1. The molecule has 5 nitrogen and oxygen atoms in total. The minimum Gasteiger partial charge on any atom is -0.491 e. The molecule has 0 spiro atoms. The fourth-order valence-corrected chi connectivity index (χ4v) is 2.44. The van der Waals surface area contributed by atoms with Crippen LogP contribution >= 0.6 is 12.4 Å². The standard InChI is InChI=1S/C15H20F2N2O3.ClH/c16-13-4-3-12(6-14(13)17)22-8-11(20)7-19-15(21)9-1-2-10(18)5-9;/h3-4,6,9-11,20H,1-2,5,7-8,18H2,(H,19,21);1H. The van der Waals surface area contributed by atoms with Crippen LogP contribution in [0.1, 0.15) is 19.3 Å². The van der Waals surface area contributed by atoms with E-state index < -0.39 is 17.7 Å². The Hall–Kier alpha value is -1.44. The van der Waals surface area contributed by atoms with E-state index >= 15 is 0 Å². The van der Waals surface area contributed by atoms with E-state index in [-0.39, 0.29) is 49.2 Å². The summed E-state index contributed by atoms with van der Waals surface area (Å²) >= 11 is 0. The molecule has 2 rings (SSSR count). The van der Waals surface area contributed by atoms with Crippen molar-refractivity contribution in [3.8, 4) is 5.75 Å². The predicted octanol–water partition coefficient (Wildman–Crippen LogP) is 1.37. The van der Waals surface area contributed by atoms with E-state index in [0.717, 1.165) is 25.0 Å². The van der Waals surface area contributed by atoms with Crippen LogP contribution in [0.4, 0.5) is 8.78 Å². The minimum atomic E-state index is -1.02. The molecule has 1 amide bonds. The molecule has 0 aliphatic heterocycles. The number of benzene rings is 1. The van der Waals surface area contributed by atoms with E-state index in [9.17, 15) is 18.7 Å². The van der Waals surface area contributed by atoms with Crippen LogP contribution < -0.4 is 15.8 Å². The molecule has 0 saturated heterocycles. The lowest BCUT2D eigenvalue weighted by molar-refractivity contribution is -0.125. The summed E-state index contributed by atoms with van der Waals surface area (Å²) < 4.78 is 30.9. The first-order valence-electron chi connectivity index (χ1n) is 7.25. The van der Waals surface area contributed by atoms with Crippen LogP contribution in [-0.4, -0.2) is 36.3 Å². The molecule has 1 saturated carbocycles. The first-order chi connectivity index (χ1) is 10.5. The number of nitrogens with one attached hydrogen (secondary N) is 1. The lowest BCUT2D eigenvalue weighted by atomic mass is 10.1. The number of aliphatic hydroxyl groups is 1. The SMILES string of the molecule is Cl.NC1CCC(C(=O)NCC(O)COc2ccc(F)c(F)c2)C1. The summed E-state index contributed by atoms with van der Waals surface area (Å²) in [6.45, 7) is -0.0935. The number of halogens is 3. The van der Waals surface area contributed by atoms with Gasteiger partial charge in [-0.25, -0.2) is 8.78 Å². The molecule has 1 aliphatic carbocycles. The molecule has 1 aliphatic rings. The number of hydrogen-bond donors (Lipinski definition) is 3. The third kappa shape index (κ3) is 5.93. The average Bonchev–Trinajstić information content (AvgIpc) is 2.92. The van der Waals surface area contributed by atoms with Gasteiger partial charge >= 0.3 is 0 Å². The maximum Gasteiger partial charge on any atom is 0.223 e. The van der Waals surface area contributed by atoms with Crippen molar-refractivity contribution in [1.82, 2.24) is 5.32 Å². The van der Waals surface area contributed by atoms with Gasteiger partial charge in [-0.2, -0.15) is 0 Å². The fourth-order valence-electron chi connectivity index (χ4n) is 2.44. The van der Waals surface area contributed by atoms with Crippen LogP contribution in [0.2, 0.25) is 0 Å². The summed E-state index contributed by atoms with van der Waals surface area (Å²) in [5.41, 5.74) is 5.75. The number of ether oxygens (including phenoxy) is 1. The van der Waals surface area contributed by atoms with Gasteiger partial charge in [0, 0.05) is 24.6 Å². The molecule has 0 heterocycles. The highest BCUT2D eigenvalue weighted by atomic mass is 35.5. The summed E-state index contributed by atoms with van der Waals surface area (Å²) in [5, 5.41) is 12.4. The number of nitrogens with two attached hydrogens (primary N) is 1. The Labute approximate surface area is 139 Å². The topological polar surface area (TPSA) is 84.6 Å². The minimum absolute atomic E-state index is 0. The van der Waals surface area contributed by atoms with Crippen LogP contribution in [0.25, 0.3) is 0 Å². The Kier molecular flexibility index (Phi) is 7.67. The molecule has 8 heteroatoms. The second kappa shape index (κ2) is 9.00. The molecule has 3 unspecified atom stereocenters. The van der Waals surface area contributed by atoms with Crippen LogP contribution in [-0.2, 0) is 4.79 Å². The average molecular weight is 351 g/mol. The Morgan fingerprint density at radius 2 is 2.13 bits per heavy atom. The molecular weight excluding hydrogens is 330 g/mol. The van der Waals surface area contributed by atoms with E-state index in [1.807, 2.05) is 0 Å². The first kappa shape index (κ1) is 19.6. The van der Waals surface area contributed by atoms with Crippen molar-refractivity contribution in [3.63, 3.8) is 0 Å². The van der Waals surface area contributed by atoms with Gasteiger partial charge in [0.25, 0.3) is 0 Å². The third-order valence-corrected chi connectivity index (χ3v) is 3.69. The van der Waals surface area contributed by atoms with Gasteiger partial charge in [0.15, 0.2) is 11.6 Å². The Morgan fingerprint density at radius 3 is 2.74 bits per heavy atom. The lowest BCUT2D eigenvalue weighted by Gasteiger charge is -2.15. The molecule has 23 heavy (non-hydrogen) atoms. The maximum atomic E-state index is 13.0. The zero-order valence-corrected chi connectivity index (χ0v) is 13.3. The largest absolute Gasteiger partial charge is 0.491 e. The highest BCUT2D eigenvalue weighted by Gasteiger charge is 2.27. The molecule has 1 fully saturated rings. The second-order valence-electron chi connectivity index (χ2n) is 5.56. The maximum absolute atomic E-state index is 13.0. The number of rotatable bonds is 6. The highest BCUT2D eigenvalue weighted by molar-refractivity contribution is 5.85. The molecule has 0 radical (unpaired) electrons. The number of amides is 1. The van der Waals surface area contributed by atoms with Crippen LogP contribution in [0, 0.1) is 17.6 Å². The van der Waals surface area contributed by atoms with Gasteiger partial charge in [-0.1, -0.05) is 0 Å². The van der Waals surface area contributed by atoms with E-state index in [4.69, 9.17) is 10.5 Å². The third-order valence-electron chi connectivity index (χ3n) is 3.69. The number of hydrogen-bond acceptors (Lipinski definition) is 4. The zero-order valence-electron chi connectivity index (χ0n) is 12.5. The van der Waals surface area contributed by atoms with Crippen LogP contribution in [0.3, 0.4) is 0 Å². The van der Waals surface area contributed by atoms with Crippen LogP contribution in [0.15, 0.2) is 18.2 Å². The van der Waals surface area contributed by atoms with E-state index in [1.165, 1.54) is 6.07 Å². The predicted molar refractivity (Wildman–Crippen MR) is 83.4 cm³/mol. The van der Waals surface area contributed by atoms with Crippen molar-refractivity contribution in [3.05, 3.63) is 29.8 Å². The summed E-state index contributed by atoms with van der Waals surface area (Å²) in [6, 6.07) is 3.18. The van der Waals surface area contributed by atoms with Crippen molar-refractivity contribution in [2.75, 3.05) is 13.2 Å². The highest BCUT2D eigenvalue weighted by Crippen LogP contribution is 2.24. The quantitative estimate of drug-likeness (QED) is 0.723. The fraction of sp³-hybridized carbons (Fsp3) is 0.533. The summed E-state index contributed by atoms with van der Waals surface area (Å²) in [4.78, 5) is 11.8. The van der Waals surface area contributed by atoms with Gasteiger partial charge in [-0.05, 0) is 31.4 Å². The van der Waals surface area contributed by atoms with Gasteiger partial charge in [0.1, 0.15) is 18.5 Å². The molecule has 1 aromatic carbocycles. The van der Waals surface area contributed by atoms with Crippen molar-refractivity contribution in [2.45, 2.75) is 31.4 Å². The van der Waals surface area contributed by atoms with E-state index in [2.05, 4.69) is 5.32 Å². The molecule has 130 valence electrons. The summed E-state index contributed by atoms with van der Waals surface area (Å²) in [6.07, 6.45) is 1.31. The van der Waals surface area contributed by atoms with E-state index in [1.54, 1.807) is 0 Å². The monoisotopic (exact) mass is 350 g/mol. The van der Waals surface area contributed by atoms with Gasteiger partial charge in [0.05, 0.1) is 0 Å². The van der Waals surface area contributed by atoms with E-state index in [0.29, 0.717) is 6.42 Å². The zero-order chi connectivity index (χ0) is 16.1. The lowest BCUT2D eigenvalue weighted by Crippen LogP contribution is -2.38. The van der Waals surface area contributed by atoms with Crippen molar-refractivity contribution >= 4 is 18.3 Å². The van der Waals surface area contributed by atoms with Gasteiger partial charge in [-0.3, -0.25) is 4.79 Å². The molecule has 3 atom stereocenters. The first-order valence-corrected chi connectivity index (χ1v) is 7.25. The van der Waals surface area contributed by atoms with Gasteiger partial charge in [-0.15, -0.1) is 12.4 Å². The Morgan fingerprint density at radius 1 is 1.39 bits per heavy atom. The summed E-state index contributed by atoms with van der Waals surface area (Å²) in [5.74, 6) is -2.09. The molecule has 0 aromatic heterocycles. The Balaban J connectivity index is 0.00000264. The normalized spacial score (nSPS) is 21.4. The molecular formula is C15H21ClF2N2O3. The molecule has 1 aromatic rings. The van der Waals surface area contributed by atoms with Crippen molar-refractivity contribution < 1.29 is 23.4 Å². The van der Waals surface area contributed by atoms with Gasteiger partial charge in [0.2, 0.25) is 5.91 Å². The Bertz CT molecular complexity index is 533. The number of aliphatic hydroxyl groups excluding tert-OH is 1. The van der Waals surface area contributed by atoms with Crippen molar-refractivity contribution in [1.29, 1.82) is 0 Å². The van der Waals surface area contributed by atoms with Gasteiger partial charge < -0.3 is 20.9 Å². The molecule has 0 bridgehead atoms. The summed E-state index contributed by atoms with van der Waals surface area (Å²) in [7, 11) is 0. The number of carbonyl (C=O) groups is 1. The van der Waals surface area contributed by atoms with Crippen molar-refractivity contribution in [2.24, 2.45) is 11.7 Å².